The van der Waals surface area contributed by atoms with E-state index in [9.17, 15) is 18.3 Å². The Balaban J connectivity index is 1.59. The average Bonchev–Trinajstić information content (AvgIpc) is 2.92. The molecule has 1 aromatic heterocycles. The molecule has 2 N–H and O–H groups in total. The van der Waals surface area contributed by atoms with E-state index in [4.69, 9.17) is 0 Å². The Labute approximate surface area is 166 Å². The molecule has 0 unspecified atom stereocenters. The van der Waals surface area contributed by atoms with Crippen molar-refractivity contribution in [2.45, 2.75) is 25.7 Å². The summed E-state index contributed by atoms with van der Waals surface area (Å²) in [5.41, 5.74) is 2.31. The molecule has 1 aromatic carbocycles. The van der Waals surface area contributed by atoms with E-state index in [1.807, 2.05) is 35.9 Å². The van der Waals surface area contributed by atoms with Crippen molar-refractivity contribution in [2.24, 2.45) is 13.0 Å². The largest absolute Gasteiger partial charge is 0.478 e. The third-order valence-electron chi connectivity index (χ3n) is 5.65. The quantitative estimate of drug-likeness (QED) is 0.654. The molecule has 2 heterocycles. The SMILES string of the molecule is Cn1c(CC2CCN(CCCNS(C)(=O)=O)CC2)c(C(=O)O)c2ccccc21. The number of carboxylic acid groups (broad SMARTS) is 1. The number of carboxylic acids is 1. The fraction of sp³-hybridized carbons (Fsp3) is 0.550. The van der Waals surface area contributed by atoms with Gasteiger partial charge in [0.25, 0.3) is 0 Å². The number of aromatic carboxylic acids is 1. The average molecular weight is 408 g/mol. The Morgan fingerprint density at radius 3 is 2.57 bits per heavy atom. The van der Waals surface area contributed by atoms with Gasteiger partial charge in [-0.25, -0.2) is 17.9 Å². The molecule has 0 spiro atoms. The highest BCUT2D eigenvalue weighted by Gasteiger charge is 2.25. The van der Waals surface area contributed by atoms with Crippen LogP contribution in [0.3, 0.4) is 0 Å². The molecule has 0 bridgehead atoms. The van der Waals surface area contributed by atoms with Crippen molar-refractivity contribution >= 4 is 26.9 Å². The van der Waals surface area contributed by atoms with E-state index < -0.39 is 16.0 Å². The Bertz CT molecular complexity index is 944. The zero-order chi connectivity index (χ0) is 20.3. The monoisotopic (exact) mass is 407 g/mol. The van der Waals surface area contributed by atoms with Crippen molar-refractivity contribution in [1.82, 2.24) is 14.2 Å². The van der Waals surface area contributed by atoms with E-state index in [1.54, 1.807) is 0 Å². The minimum absolute atomic E-state index is 0.437. The van der Waals surface area contributed by atoms with Crippen molar-refractivity contribution < 1.29 is 18.3 Å². The number of nitrogens with one attached hydrogen (secondary N) is 1. The molecule has 154 valence electrons. The third kappa shape index (κ3) is 4.92. The number of nitrogens with zero attached hydrogens (tertiary/aromatic N) is 2. The molecule has 3 rings (SSSR count). The molecule has 2 aromatic rings. The first-order valence-corrected chi connectivity index (χ1v) is 11.6. The first-order valence-electron chi connectivity index (χ1n) is 9.73. The number of hydrogen-bond acceptors (Lipinski definition) is 4. The van der Waals surface area contributed by atoms with Gasteiger partial charge in [0.1, 0.15) is 0 Å². The van der Waals surface area contributed by atoms with Gasteiger partial charge in [0.2, 0.25) is 10.0 Å². The Kier molecular flexibility index (Phi) is 6.42. The molecule has 1 fully saturated rings. The molecule has 28 heavy (non-hydrogen) atoms. The van der Waals surface area contributed by atoms with Crippen LogP contribution < -0.4 is 4.72 Å². The number of hydrogen-bond donors (Lipinski definition) is 2. The Morgan fingerprint density at radius 2 is 1.93 bits per heavy atom. The van der Waals surface area contributed by atoms with Crippen LogP contribution in [0.1, 0.15) is 35.3 Å². The number of para-hydroxylation sites is 1. The molecular formula is C20H29N3O4S. The summed E-state index contributed by atoms with van der Waals surface area (Å²) in [6.07, 6.45) is 4.80. The molecule has 1 aliphatic rings. The van der Waals surface area contributed by atoms with Crippen molar-refractivity contribution in [1.29, 1.82) is 0 Å². The van der Waals surface area contributed by atoms with Gasteiger partial charge in [-0.05, 0) is 57.3 Å². The molecule has 0 atom stereocenters. The molecule has 0 radical (unpaired) electrons. The van der Waals surface area contributed by atoms with Crippen LogP contribution in [0.25, 0.3) is 10.9 Å². The van der Waals surface area contributed by atoms with Crippen LogP contribution in [0.5, 0.6) is 0 Å². The number of aromatic nitrogens is 1. The Hall–Kier alpha value is -1.90. The van der Waals surface area contributed by atoms with Gasteiger partial charge in [-0.15, -0.1) is 0 Å². The summed E-state index contributed by atoms with van der Waals surface area (Å²) in [5.74, 6) is -0.394. The van der Waals surface area contributed by atoms with Crippen LogP contribution in [0.2, 0.25) is 0 Å². The van der Waals surface area contributed by atoms with E-state index in [-0.39, 0.29) is 0 Å². The molecule has 8 heteroatoms. The molecular weight excluding hydrogens is 378 g/mol. The summed E-state index contributed by atoms with van der Waals surface area (Å²) in [7, 11) is -1.16. The predicted octanol–water partition coefficient (Wildman–Crippen LogP) is 2.07. The summed E-state index contributed by atoms with van der Waals surface area (Å²) in [4.78, 5) is 14.3. The number of benzene rings is 1. The summed E-state index contributed by atoms with van der Waals surface area (Å²) in [6, 6.07) is 7.68. The van der Waals surface area contributed by atoms with Crippen LogP contribution in [0.4, 0.5) is 0 Å². The van der Waals surface area contributed by atoms with Crippen molar-refractivity contribution in [3.05, 3.63) is 35.5 Å². The van der Waals surface area contributed by atoms with Crippen LogP contribution in [-0.2, 0) is 23.5 Å². The molecule has 0 saturated carbocycles. The standard InChI is InChI=1S/C20H29N3O4S/c1-22-17-7-4-3-6-16(17)19(20(24)25)18(22)14-15-8-12-23(13-9-15)11-5-10-21-28(2,26)27/h3-4,6-7,15,21H,5,8-14H2,1-2H3,(H,24,25). The van der Waals surface area contributed by atoms with Gasteiger partial charge in [0.05, 0.1) is 11.8 Å². The zero-order valence-corrected chi connectivity index (χ0v) is 17.3. The van der Waals surface area contributed by atoms with Crippen molar-refractivity contribution in [3.63, 3.8) is 0 Å². The second-order valence-corrected chi connectivity index (χ2v) is 9.55. The topological polar surface area (TPSA) is 91.6 Å². The van der Waals surface area contributed by atoms with Gasteiger partial charge in [-0.1, -0.05) is 18.2 Å². The van der Waals surface area contributed by atoms with Gasteiger partial charge in [-0.3, -0.25) is 0 Å². The highest BCUT2D eigenvalue weighted by Crippen LogP contribution is 2.30. The highest BCUT2D eigenvalue weighted by molar-refractivity contribution is 7.88. The lowest BCUT2D eigenvalue weighted by Crippen LogP contribution is -2.36. The number of likely N-dealkylation sites (tertiary alicyclic amines) is 1. The normalized spacial score (nSPS) is 16.6. The van der Waals surface area contributed by atoms with E-state index >= 15 is 0 Å². The number of aryl methyl sites for hydroxylation is 1. The minimum Gasteiger partial charge on any atom is -0.478 e. The third-order valence-corrected chi connectivity index (χ3v) is 6.38. The molecule has 7 nitrogen and oxygen atoms in total. The summed E-state index contributed by atoms with van der Waals surface area (Å²) in [5, 5.41) is 10.6. The van der Waals surface area contributed by atoms with E-state index in [0.717, 1.165) is 61.9 Å². The maximum atomic E-state index is 11.9. The molecule has 1 saturated heterocycles. The maximum absolute atomic E-state index is 11.9. The van der Waals surface area contributed by atoms with Gasteiger partial charge in [0.15, 0.2) is 0 Å². The summed E-state index contributed by atoms with van der Waals surface area (Å²) >= 11 is 0. The van der Waals surface area contributed by atoms with Gasteiger partial charge in [-0.2, -0.15) is 0 Å². The van der Waals surface area contributed by atoms with Crippen LogP contribution in [-0.4, -0.2) is 61.4 Å². The second-order valence-electron chi connectivity index (χ2n) is 7.71. The number of carbonyl (C=O) groups is 1. The van der Waals surface area contributed by atoms with Crippen molar-refractivity contribution in [3.8, 4) is 0 Å². The smallest absolute Gasteiger partial charge is 0.338 e. The summed E-state index contributed by atoms with van der Waals surface area (Å²) < 4.78 is 26.8. The summed E-state index contributed by atoms with van der Waals surface area (Å²) in [6.45, 7) is 3.28. The maximum Gasteiger partial charge on any atom is 0.338 e. The zero-order valence-electron chi connectivity index (χ0n) is 16.5. The number of sulfonamides is 1. The van der Waals surface area contributed by atoms with Crippen LogP contribution in [0.15, 0.2) is 24.3 Å². The van der Waals surface area contributed by atoms with Gasteiger partial charge in [0, 0.05) is 30.2 Å². The molecule has 1 aliphatic heterocycles. The van der Waals surface area contributed by atoms with Crippen molar-refractivity contribution in [2.75, 3.05) is 32.4 Å². The van der Waals surface area contributed by atoms with Crippen LogP contribution in [0, 0.1) is 5.92 Å². The fourth-order valence-corrected chi connectivity index (χ4v) is 4.69. The van der Waals surface area contributed by atoms with E-state index in [1.165, 1.54) is 6.26 Å². The first-order chi connectivity index (χ1) is 13.3. The fourth-order valence-electron chi connectivity index (χ4n) is 4.17. The highest BCUT2D eigenvalue weighted by atomic mass is 32.2. The predicted molar refractivity (Wildman–Crippen MR) is 110 cm³/mol. The number of rotatable bonds is 8. The van der Waals surface area contributed by atoms with E-state index in [0.29, 0.717) is 18.0 Å². The lowest BCUT2D eigenvalue weighted by atomic mass is 9.90. The van der Waals surface area contributed by atoms with E-state index in [2.05, 4.69) is 9.62 Å². The lowest BCUT2D eigenvalue weighted by molar-refractivity contribution is 0.0697. The molecule has 0 aliphatic carbocycles. The Morgan fingerprint density at radius 1 is 1.25 bits per heavy atom. The number of fused-ring (bicyclic) bond motifs is 1. The molecule has 0 amide bonds. The van der Waals surface area contributed by atoms with Gasteiger partial charge >= 0.3 is 5.97 Å². The number of piperidine rings is 1. The lowest BCUT2D eigenvalue weighted by Gasteiger charge is -2.32. The van der Waals surface area contributed by atoms with Gasteiger partial charge < -0.3 is 14.6 Å². The minimum atomic E-state index is -3.12. The second kappa shape index (κ2) is 8.63. The first kappa shape index (κ1) is 20.8. The van der Waals surface area contributed by atoms with Crippen LogP contribution >= 0.6 is 0 Å².